The Morgan fingerprint density at radius 2 is 2.07 bits per heavy atom. The number of nitrogens with two attached hydrogens (primary N) is 1. The third kappa shape index (κ3) is 2.22. The number of ether oxygens (including phenoxy) is 2. The zero-order valence-electron chi connectivity index (χ0n) is 8.27. The van der Waals surface area contributed by atoms with Gasteiger partial charge in [-0.2, -0.15) is 0 Å². The van der Waals surface area contributed by atoms with E-state index < -0.39 is 0 Å². The minimum Gasteiger partial charge on any atom is -0.493 e. The first-order chi connectivity index (χ1) is 7.29. The third-order valence-corrected chi connectivity index (χ3v) is 2.64. The van der Waals surface area contributed by atoms with E-state index in [0.717, 1.165) is 5.06 Å². The number of thiophene rings is 1. The molecule has 15 heavy (non-hydrogen) atoms. The predicted octanol–water partition coefficient (Wildman–Crippen LogP) is 3.13. The normalized spacial score (nSPS) is 9.93. The maximum atomic E-state index is 5.68. The summed E-state index contributed by atoms with van der Waals surface area (Å²) in [6, 6.07) is 9.14. The van der Waals surface area contributed by atoms with E-state index in [4.69, 9.17) is 15.2 Å². The number of rotatable bonds is 3. The summed E-state index contributed by atoms with van der Waals surface area (Å²) in [5, 5.41) is 2.77. The van der Waals surface area contributed by atoms with Crippen LogP contribution in [0.1, 0.15) is 0 Å². The fraction of sp³-hybridized carbons (Fsp3) is 0.0909. The molecule has 1 aromatic carbocycles. The van der Waals surface area contributed by atoms with Gasteiger partial charge in [0.1, 0.15) is 0 Å². The summed E-state index contributed by atoms with van der Waals surface area (Å²) in [6.45, 7) is 0. The third-order valence-electron chi connectivity index (χ3n) is 1.89. The summed E-state index contributed by atoms with van der Waals surface area (Å²) >= 11 is 1.52. The molecular formula is C11H11NO2S. The van der Waals surface area contributed by atoms with Crippen LogP contribution in [0.4, 0.5) is 5.69 Å². The molecule has 78 valence electrons. The second kappa shape index (κ2) is 4.23. The van der Waals surface area contributed by atoms with Crippen LogP contribution in [0.2, 0.25) is 0 Å². The summed E-state index contributed by atoms with van der Waals surface area (Å²) in [4.78, 5) is 0. The lowest BCUT2D eigenvalue weighted by molar-refractivity contribution is 0.382. The van der Waals surface area contributed by atoms with Gasteiger partial charge in [0.2, 0.25) is 0 Å². The van der Waals surface area contributed by atoms with E-state index in [1.54, 1.807) is 25.3 Å². The van der Waals surface area contributed by atoms with Crippen molar-refractivity contribution in [2.75, 3.05) is 12.8 Å². The molecule has 0 amide bonds. The van der Waals surface area contributed by atoms with Gasteiger partial charge in [0.05, 0.1) is 7.11 Å². The Labute approximate surface area is 92.1 Å². The van der Waals surface area contributed by atoms with Crippen LogP contribution < -0.4 is 15.2 Å². The van der Waals surface area contributed by atoms with E-state index in [2.05, 4.69) is 0 Å². The second-order valence-corrected chi connectivity index (χ2v) is 3.85. The summed E-state index contributed by atoms with van der Waals surface area (Å²) in [6.07, 6.45) is 0. The zero-order chi connectivity index (χ0) is 10.7. The van der Waals surface area contributed by atoms with Crippen LogP contribution in [-0.2, 0) is 0 Å². The molecule has 2 rings (SSSR count). The van der Waals surface area contributed by atoms with Gasteiger partial charge in [0.25, 0.3) is 0 Å². The van der Waals surface area contributed by atoms with Crippen molar-refractivity contribution in [2.24, 2.45) is 0 Å². The van der Waals surface area contributed by atoms with Crippen LogP contribution in [-0.4, -0.2) is 7.11 Å². The van der Waals surface area contributed by atoms with E-state index in [-0.39, 0.29) is 0 Å². The topological polar surface area (TPSA) is 44.5 Å². The Hall–Kier alpha value is -1.68. The van der Waals surface area contributed by atoms with Gasteiger partial charge in [-0.3, -0.25) is 0 Å². The van der Waals surface area contributed by atoms with Crippen molar-refractivity contribution in [1.29, 1.82) is 0 Å². The first-order valence-electron chi connectivity index (χ1n) is 4.44. The predicted molar refractivity (Wildman–Crippen MR) is 61.8 cm³/mol. The fourth-order valence-corrected chi connectivity index (χ4v) is 1.79. The summed E-state index contributed by atoms with van der Waals surface area (Å²) in [5.41, 5.74) is 6.33. The number of methoxy groups -OCH3 is 1. The second-order valence-electron chi connectivity index (χ2n) is 2.94. The molecule has 1 aromatic heterocycles. The maximum Gasteiger partial charge on any atom is 0.181 e. The highest BCUT2D eigenvalue weighted by Gasteiger charge is 2.06. The molecule has 0 aliphatic carbocycles. The van der Waals surface area contributed by atoms with Crippen molar-refractivity contribution in [3.63, 3.8) is 0 Å². The number of benzene rings is 1. The van der Waals surface area contributed by atoms with E-state index >= 15 is 0 Å². The van der Waals surface area contributed by atoms with Gasteiger partial charge >= 0.3 is 0 Å². The Kier molecular flexibility index (Phi) is 2.78. The number of anilines is 1. The maximum absolute atomic E-state index is 5.68. The minimum atomic E-state index is 0.639. The molecule has 3 nitrogen and oxygen atoms in total. The number of hydrogen-bond donors (Lipinski definition) is 1. The molecule has 0 saturated carbocycles. The highest BCUT2D eigenvalue weighted by Crippen LogP contribution is 2.34. The monoisotopic (exact) mass is 221 g/mol. The van der Waals surface area contributed by atoms with Gasteiger partial charge in [-0.15, -0.1) is 11.3 Å². The Bertz CT molecular complexity index is 440. The Balaban J connectivity index is 2.30. The van der Waals surface area contributed by atoms with Gasteiger partial charge in [-0.25, -0.2) is 0 Å². The highest BCUT2D eigenvalue weighted by molar-refractivity contribution is 7.11. The Morgan fingerprint density at radius 3 is 2.73 bits per heavy atom. The van der Waals surface area contributed by atoms with Crippen LogP contribution in [0.25, 0.3) is 0 Å². The summed E-state index contributed by atoms with van der Waals surface area (Å²) < 4.78 is 10.8. The van der Waals surface area contributed by atoms with Crippen molar-refractivity contribution in [3.8, 4) is 16.6 Å². The summed E-state index contributed by atoms with van der Waals surface area (Å²) in [5.74, 6) is 1.32. The minimum absolute atomic E-state index is 0.639. The van der Waals surface area contributed by atoms with Gasteiger partial charge in [-0.1, -0.05) is 0 Å². The molecule has 0 saturated heterocycles. The van der Waals surface area contributed by atoms with Gasteiger partial charge in [-0.05, 0) is 29.6 Å². The molecule has 0 spiro atoms. The molecule has 0 atom stereocenters. The molecule has 0 radical (unpaired) electrons. The summed E-state index contributed by atoms with van der Waals surface area (Å²) in [7, 11) is 1.60. The van der Waals surface area contributed by atoms with Crippen LogP contribution in [0, 0.1) is 0 Å². The smallest absolute Gasteiger partial charge is 0.181 e. The van der Waals surface area contributed by atoms with Crippen molar-refractivity contribution in [2.45, 2.75) is 0 Å². The highest BCUT2D eigenvalue weighted by atomic mass is 32.1. The molecule has 2 N–H and O–H groups in total. The van der Waals surface area contributed by atoms with Crippen LogP contribution in [0.5, 0.6) is 16.6 Å². The van der Waals surface area contributed by atoms with Crippen molar-refractivity contribution in [1.82, 2.24) is 0 Å². The van der Waals surface area contributed by atoms with Gasteiger partial charge < -0.3 is 15.2 Å². The van der Waals surface area contributed by atoms with Crippen LogP contribution in [0.3, 0.4) is 0 Å². The van der Waals surface area contributed by atoms with Crippen LogP contribution >= 0.6 is 11.3 Å². The quantitative estimate of drug-likeness (QED) is 0.810. The SMILES string of the molecule is COc1ccc(N)cc1Oc1cccs1. The number of hydrogen-bond acceptors (Lipinski definition) is 4. The van der Waals surface area contributed by atoms with Gasteiger partial charge in [0.15, 0.2) is 16.6 Å². The zero-order valence-corrected chi connectivity index (χ0v) is 9.08. The van der Waals surface area contributed by atoms with E-state index in [0.29, 0.717) is 17.2 Å². The van der Waals surface area contributed by atoms with Crippen molar-refractivity contribution < 1.29 is 9.47 Å². The molecule has 0 unspecified atom stereocenters. The first-order valence-corrected chi connectivity index (χ1v) is 5.32. The molecule has 0 fully saturated rings. The standard InChI is InChI=1S/C11H11NO2S/c1-13-9-5-4-8(12)7-10(9)14-11-3-2-6-15-11/h2-7H,12H2,1H3. The van der Waals surface area contributed by atoms with E-state index in [1.165, 1.54) is 11.3 Å². The van der Waals surface area contributed by atoms with E-state index in [1.807, 2.05) is 17.5 Å². The molecule has 0 bridgehead atoms. The molecule has 1 heterocycles. The lowest BCUT2D eigenvalue weighted by Crippen LogP contribution is -1.91. The molecule has 0 aliphatic heterocycles. The lowest BCUT2D eigenvalue weighted by Gasteiger charge is -2.08. The number of nitrogen functional groups attached to an aromatic ring is 1. The van der Waals surface area contributed by atoms with Crippen molar-refractivity contribution >= 4 is 17.0 Å². The molecular weight excluding hydrogens is 210 g/mol. The fourth-order valence-electron chi connectivity index (χ4n) is 1.20. The van der Waals surface area contributed by atoms with Crippen molar-refractivity contribution in [3.05, 3.63) is 35.7 Å². The van der Waals surface area contributed by atoms with Gasteiger partial charge in [0, 0.05) is 11.8 Å². The largest absolute Gasteiger partial charge is 0.493 e. The lowest BCUT2D eigenvalue weighted by atomic mass is 10.3. The van der Waals surface area contributed by atoms with E-state index in [9.17, 15) is 0 Å². The Morgan fingerprint density at radius 1 is 1.20 bits per heavy atom. The van der Waals surface area contributed by atoms with Crippen LogP contribution in [0.15, 0.2) is 35.7 Å². The molecule has 4 heteroatoms. The average molecular weight is 221 g/mol. The molecule has 0 aliphatic rings. The first kappa shape index (κ1) is 9.86. The average Bonchev–Trinajstić information content (AvgIpc) is 2.71. The molecule has 2 aromatic rings.